The second-order valence-electron chi connectivity index (χ2n) is 29.2. The Balaban J connectivity index is 3.34. The fourth-order valence-corrected chi connectivity index (χ4v) is 13.7. The van der Waals surface area contributed by atoms with Crippen LogP contribution in [0.15, 0.2) is 12.2 Å². The maximum absolute atomic E-state index is 12.6. The topological polar surface area (TPSA) is 95.9 Å². The van der Waals surface area contributed by atoms with Crippen LogP contribution in [0, 0.1) is 0 Å². The molecule has 6 heteroatoms. The summed E-state index contributed by atoms with van der Waals surface area (Å²) in [5.41, 5.74) is 0. The number of aliphatic hydroxyl groups is 2. The average molecular weight is 1270 g/mol. The van der Waals surface area contributed by atoms with Crippen LogP contribution >= 0.6 is 0 Å². The molecule has 90 heavy (non-hydrogen) atoms. The molecular weight excluding hydrogens is 1100 g/mol. The van der Waals surface area contributed by atoms with Gasteiger partial charge in [0, 0.05) is 12.8 Å². The van der Waals surface area contributed by atoms with Crippen molar-refractivity contribution >= 4 is 11.9 Å². The quantitative estimate of drug-likeness (QED) is 0.0320. The van der Waals surface area contributed by atoms with Crippen molar-refractivity contribution in [2.75, 3.05) is 13.2 Å². The number of aliphatic hydroxyl groups excluding tert-OH is 2. The van der Waals surface area contributed by atoms with Gasteiger partial charge in [0.05, 0.1) is 25.4 Å². The van der Waals surface area contributed by atoms with E-state index < -0.39 is 12.1 Å². The van der Waals surface area contributed by atoms with Crippen molar-refractivity contribution in [3.05, 3.63) is 12.2 Å². The van der Waals surface area contributed by atoms with E-state index in [-0.39, 0.29) is 18.5 Å². The van der Waals surface area contributed by atoms with Crippen LogP contribution in [0.1, 0.15) is 489 Å². The molecular formula is C84H165NO5. The Hall–Kier alpha value is -1.40. The SMILES string of the molecule is CCCCCCCCCCCCCCCCCCCCCCCC/C=C/C(O)C(CO)NC(=O)CCCCCCCCCCCCCCCCCCCCCCCCCCCCCCCCCOC(=O)CCCCCCCCCCCCCCCCCCCC. The number of unbranched alkanes of at least 4 members (excludes halogenated alkanes) is 69. The summed E-state index contributed by atoms with van der Waals surface area (Å²) in [7, 11) is 0. The molecule has 0 aromatic rings. The molecule has 2 atom stereocenters. The van der Waals surface area contributed by atoms with Crippen LogP contribution in [-0.2, 0) is 14.3 Å². The Morgan fingerprint density at radius 3 is 0.756 bits per heavy atom. The van der Waals surface area contributed by atoms with E-state index in [2.05, 4.69) is 19.2 Å². The first-order valence-electron chi connectivity index (χ1n) is 42.0. The average Bonchev–Trinajstić information content (AvgIpc) is 3.71. The zero-order valence-corrected chi connectivity index (χ0v) is 61.7. The zero-order valence-electron chi connectivity index (χ0n) is 61.7. The van der Waals surface area contributed by atoms with E-state index in [9.17, 15) is 19.8 Å². The van der Waals surface area contributed by atoms with Gasteiger partial charge in [0.25, 0.3) is 0 Å². The van der Waals surface area contributed by atoms with Crippen molar-refractivity contribution in [3.63, 3.8) is 0 Å². The van der Waals surface area contributed by atoms with Crippen LogP contribution in [0.2, 0.25) is 0 Å². The molecule has 536 valence electrons. The summed E-state index contributed by atoms with van der Waals surface area (Å²) < 4.78 is 5.52. The van der Waals surface area contributed by atoms with E-state index in [1.54, 1.807) is 6.08 Å². The van der Waals surface area contributed by atoms with Crippen LogP contribution in [-0.4, -0.2) is 47.4 Å². The number of rotatable bonds is 80. The largest absolute Gasteiger partial charge is 0.466 e. The molecule has 0 saturated heterocycles. The molecule has 2 unspecified atom stereocenters. The van der Waals surface area contributed by atoms with Crippen LogP contribution < -0.4 is 5.32 Å². The Morgan fingerprint density at radius 2 is 0.511 bits per heavy atom. The lowest BCUT2D eigenvalue weighted by atomic mass is 10.0. The number of hydrogen-bond acceptors (Lipinski definition) is 5. The highest BCUT2D eigenvalue weighted by atomic mass is 16.5. The van der Waals surface area contributed by atoms with Gasteiger partial charge in [-0.3, -0.25) is 9.59 Å². The predicted octanol–water partition coefficient (Wildman–Crippen LogP) is 27.8. The fourth-order valence-electron chi connectivity index (χ4n) is 13.7. The highest BCUT2D eigenvalue weighted by Gasteiger charge is 2.18. The Labute approximate surface area is 565 Å². The van der Waals surface area contributed by atoms with Gasteiger partial charge in [0.2, 0.25) is 5.91 Å². The van der Waals surface area contributed by atoms with Gasteiger partial charge in [-0.25, -0.2) is 0 Å². The Kier molecular flexibility index (Phi) is 78.8. The molecule has 0 rings (SSSR count). The van der Waals surface area contributed by atoms with E-state index >= 15 is 0 Å². The summed E-state index contributed by atoms with van der Waals surface area (Å²) in [5, 5.41) is 23.3. The number of ether oxygens (including phenoxy) is 1. The third-order valence-corrected chi connectivity index (χ3v) is 20.1. The maximum Gasteiger partial charge on any atom is 0.305 e. The van der Waals surface area contributed by atoms with E-state index in [1.165, 1.54) is 424 Å². The molecule has 0 saturated carbocycles. The summed E-state index contributed by atoms with van der Waals surface area (Å²) in [6.07, 6.45) is 102. The van der Waals surface area contributed by atoms with E-state index in [1.807, 2.05) is 6.08 Å². The van der Waals surface area contributed by atoms with Gasteiger partial charge in [0.1, 0.15) is 0 Å². The summed E-state index contributed by atoms with van der Waals surface area (Å²) in [6, 6.07) is -0.626. The molecule has 0 fully saturated rings. The predicted molar refractivity (Wildman–Crippen MR) is 398 cm³/mol. The van der Waals surface area contributed by atoms with Gasteiger partial charge in [-0.2, -0.15) is 0 Å². The number of hydrogen-bond donors (Lipinski definition) is 3. The van der Waals surface area contributed by atoms with Gasteiger partial charge in [-0.1, -0.05) is 456 Å². The molecule has 0 aliphatic heterocycles. The van der Waals surface area contributed by atoms with Crippen LogP contribution in [0.4, 0.5) is 0 Å². The van der Waals surface area contributed by atoms with E-state index in [4.69, 9.17) is 4.74 Å². The first-order valence-corrected chi connectivity index (χ1v) is 42.0. The lowest BCUT2D eigenvalue weighted by Crippen LogP contribution is -2.45. The molecule has 3 N–H and O–H groups in total. The molecule has 0 aromatic heterocycles. The minimum atomic E-state index is -0.843. The van der Waals surface area contributed by atoms with Crippen molar-refractivity contribution in [1.29, 1.82) is 0 Å². The number of carbonyl (C=O) groups is 2. The molecule has 0 aromatic carbocycles. The maximum atomic E-state index is 12.6. The summed E-state index contributed by atoms with van der Waals surface area (Å²) in [6.45, 7) is 4.98. The van der Waals surface area contributed by atoms with Crippen molar-refractivity contribution < 1.29 is 24.5 Å². The van der Waals surface area contributed by atoms with Crippen molar-refractivity contribution in [3.8, 4) is 0 Å². The number of carbonyl (C=O) groups excluding carboxylic acids is 2. The van der Waals surface area contributed by atoms with Crippen LogP contribution in [0.5, 0.6) is 0 Å². The molecule has 0 heterocycles. The second kappa shape index (κ2) is 80.0. The van der Waals surface area contributed by atoms with Crippen molar-refractivity contribution in [2.45, 2.75) is 501 Å². The molecule has 0 aliphatic rings. The first-order chi connectivity index (χ1) is 44.5. The Bertz CT molecular complexity index is 1370. The lowest BCUT2D eigenvalue weighted by molar-refractivity contribution is -0.143. The minimum absolute atomic E-state index is 0.0263. The second-order valence-corrected chi connectivity index (χ2v) is 29.2. The minimum Gasteiger partial charge on any atom is -0.466 e. The van der Waals surface area contributed by atoms with E-state index in [0.29, 0.717) is 19.4 Å². The van der Waals surface area contributed by atoms with Crippen LogP contribution in [0.25, 0.3) is 0 Å². The lowest BCUT2D eigenvalue weighted by Gasteiger charge is -2.20. The molecule has 0 bridgehead atoms. The van der Waals surface area contributed by atoms with Crippen LogP contribution in [0.3, 0.4) is 0 Å². The zero-order chi connectivity index (χ0) is 64.9. The number of nitrogens with one attached hydrogen (secondary N) is 1. The van der Waals surface area contributed by atoms with Gasteiger partial charge in [-0.15, -0.1) is 0 Å². The summed E-state index contributed by atoms with van der Waals surface area (Å²) >= 11 is 0. The molecule has 0 aliphatic carbocycles. The van der Waals surface area contributed by atoms with Gasteiger partial charge in [0.15, 0.2) is 0 Å². The van der Waals surface area contributed by atoms with Crippen molar-refractivity contribution in [2.24, 2.45) is 0 Å². The number of esters is 1. The number of allylic oxidation sites excluding steroid dienone is 1. The highest BCUT2D eigenvalue weighted by molar-refractivity contribution is 5.76. The van der Waals surface area contributed by atoms with Crippen molar-refractivity contribution in [1.82, 2.24) is 5.32 Å². The summed E-state index contributed by atoms with van der Waals surface area (Å²) in [5.74, 6) is -0.0314. The van der Waals surface area contributed by atoms with Gasteiger partial charge < -0.3 is 20.3 Å². The van der Waals surface area contributed by atoms with Gasteiger partial charge >= 0.3 is 5.97 Å². The molecule has 0 spiro atoms. The first kappa shape index (κ1) is 88.6. The van der Waals surface area contributed by atoms with E-state index in [0.717, 1.165) is 38.5 Å². The monoisotopic (exact) mass is 1270 g/mol. The fraction of sp³-hybridized carbons (Fsp3) is 0.952. The third kappa shape index (κ3) is 75.6. The molecule has 6 nitrogen and oxygen atoms in total. The highest BCUT2D eigenvalue weighted by Crippen LogP contribution is 2.21. The third-order valence-electron chi connectivity index (χ3n) is 20.1. The molecule has 1 amide bonds. The van der Waals surface area contributed by atoms with Gasteiger partial charge in [-0.05, 0) is 32.1 Å². The molecule has 0 radical (unpaired) electrons. The number of amides is 1. The Morgan fingerprint density at radius 1 is 0.300 bits per heavy atom. The normalized spacial score (nSPS) is 12.4. The summed E-state index contributed by atoms with van der Waals surface area (Å²) in [4.78, 5) is 24.7. The smallest absolute Gasteiger partial charge is 0.305 e. The standard InChI is InChI=1S/C84H165NO5/c1-3-5-7-9-11-13-15-17-19-21-23-24-25-35-38-41-44-48-52-56-60-64-68-72-76-82(87)81(80-86)85-83(88)77-73-69-65-61-57-53-49-45-42-39-36-33-31-29-27-26-28-30-32-34-37-40-43-47-51-55-59-63-67-71-75-79-90-84(89)78-74-70-66-62-58-54-50-46-22-20-18-16-14-12-10-8-6-4-2/h72,76,81-82,86-87H,3-71,73-75,77-80H2,1-2H3,(H,85,88)/b76-72+.